The highest BCUT2D eigenvalue weighted by molar-refractivity contribution is 7.91. The summed E-state index contributed by atoms with van der Waals surface area (Å²) in [6, 6.07) is 0. The number of imidazole rings is 1. The van der Waals surface area contributed by atoms with Gasteiger partial charge in [0.1, 0.15) is 17.7 Å². The molecule has 1 aliphatic carbocycles. The summed E-state index contributed by atoms with van der Waals surface area (Å²) in [7, 11) is -4.14. The van der Waals surface area contributed by atoms with Crippen molar-refractivity contribution in [3.8, 4) is 12.3 Å². The Labute approximate surface area is 206 Å². The quantitative estimate of drug-likeness (QED) is 0.317. The number of hydrogen-bond acceptors (Lipinski definition) is 10. The minimum absolute atomic E-state index is 0.0238. The Morgan fingerprint density at radius 2 is 2.11 bits per heavy atom. The Hall–Kier alpha value is -2.34. The summed E-state index contributed by atoms with van der Waals surface area (Å²) in [4.78, 5) is 24.2. The Morgan fingerprint density at radius 3 is 2.71 bits per heavy atom. The zero-order valence-electron chi connectivity index (χ0n) is 18.7. The van der Waals surface area contributed by atoms with Crippen molar-refractivity contribution in [1.82, 2.24) is 19.5 Å². The van der Waals surface area contributed by atoms with E-state index in [2.05, 4.69) is 20.9 Å². The molecule has 5 atom stereocenters. The van der Waals surface area contributed by atoms with Crippen molar-refractivity contribution in [2.45, 2.75) is 61.6 Å². The van der Waals surface area contributed by atoms with Crippen molar-refractivity contribution in [3.63, 3.8) is 0 Å². The third kappa shape index (κ3) is 4.87. The van der Waals surface area contributed by atoms with Crippen molar-refractivity contribution < 1.29 is 38.0 Å². The zero-order valence-corrected chi connectivity index (χ0v) is 20.3. The van der Waals surface area contributed by atoms with Gasteiger partial charge < -0.3 is 24.8 Å². The number of terminal acetylenes is 1. The molecule has 2 aliphatic rings. The predicted molar refractivity (Wildman–Crippen MR) is 122 cm³/mol. The van der Waals surface area contributed by atoms with Crippen LogP contribution in [0.5, 0.6) is 0 Å². The van der Waals surface area contributed by atoms with Crippen LogP contribution < -0.4 is 0 Å². The third-order valence-corrected chi connectivity index (χ3v) is 7.72. The molecule has 12 nitrogen and oxygen atoms in total. The van der Waals surface area contributed by atoms with E-state index >= 15 is 0 Å². The van der Waals surface area contributed by atoms with Gasteiger partial charge in [-0.2, -0.15) is 4.98 Å². The average Bonchev–Trinajstić information content (AvgIpc) is 3.48. The molecule has 0 amide bonds. The number of fused-ring (bicyclic) bond motifs is 1. The standard InChI is InChI=1S/C21H25ClN4O8S/c1-3-21(30)13(9-33-19(18(28)29)35(2,31)32)34-17(15(21)27)26-10-23-14-12(8-11-6-4-5-7-11)24-20(22)25-16(14)26/h1,10-11,13,15,17,19,27,30H,4-9H2,2H3,(H,28,29)/t13-,15+,17-,19?,21-/m1/s1. The Morgan fingerprint density at radius 1 is 1.43 bits per heavy atom. The number of nitrogens with zero attached hydrogens (tertiary/aromatic N) is 4. The summed E-state index contributed by atoms with van der Waals surface area (Å²) in [6.07, 6.45) is 8.14. The number of sulfone groups is 1. The van der Waals surface area contributed by atoms with E-state index in [4.69, 9.17) is 32.6 Å². The van der Waals surface area contributed by atoms with E-state index in [1.165, 1.54) is 10.9 Å². The Kier molecular flexibility index (Phi) is 7.07. The number of aliphatic hydroxyl groups excluding tert-OH is 1. The van der Waals surface area contributed by atoms with Crippen LogP contribution in [0.1, 0.15) is 37.6 Å². The molecule has 1 saturated carbocycles. The topological polar surface area (TPSA) is 174 Å². The van der Waals surface area contributed by atoms with E-state index in [0.29, 0.717) is 29.8 Å². The molecule has 4 rings (SSSR count). The van der Waals surface area contributed by atoms with Gasteiger partial charge in [0.15, 0.2) is 27.3 Å². The number of aliphatic carboxylic acids is 1. The maximum absolute atomic E-state index is 11.7. The summed E-state index contributed by atoms with van der Waals surface area (Å²) >= 11 is 6.17. The highest BCUT2D eigenvalue weighted by atomic mass is 35.5. The largest absolute Gasteiger partial charge is 0.479 e. The normalized spacial score (nSPS) is 28.4. The van der Waals surface area contributed by atoms with Gasteiger partial charge in [-0.05, 0) is 23.9 Å². The second-order valence-electron chi connectivity index (χ2n) is 8.88. The number of halogens is 1. The summed E-state index contributed by atoms with van der Waals surface area (Å²) in [5.41, 5.74) is -3.16. The second kappa shape index (κ2) is 9.61. The Balaban J connectivity index is 1.63. The molecule has 2 aromatic heterocycles. The van der Waals surface area contributed by atoms with Gasteiger partial charge in [0.05, 0.1) is 18.6 Å². The number of carboxylic acid groups (broad SMARTS) is 1. The van der Waals surface area contributed by atoms with E-state index in [1.54, 1.807) is 0 Å². The fourth-order valence-electron chi connectivity index (χ4n) is 4.63. The summed E-state index contributed by atoms with van der Waals surface area (Å²) in [5.74, 6) is 0.764. The lowest BCUT2D eigenvalue weighted by molar-refractivity contribution is -0.149. The number of aromatic nitrogens is 4. The van der Waals surface area contributed by atoms with E-state index in [1.807, 2.05) is 0 Å². The van der Waals surface area contributed by atoms with Crippen LogP contribution in [0.4, 0.5) is 0 Å². The van der Waals surface area contributed by atoms with Crippen LogP contribution in [0, 0.1) is 18.3 Å². The molecule has 0 bridgehead atoms. The van der Waals surface area contributed by atoms with E-state index in [9.17, 15) is 23.4 Å². The first kappa shape index (κ1) is 25.7. The molecule has 1 unspecified atom stereocenters. The molecular weight excluding hydrogens is 504 g/mol. The zero-order chi connectivity index (χ0) is 25.5. The maximum Gasteiger partial charge on any atom is 0.348 e. The molecule has 190 valence electrons. The van der Waals surface area contributed by atoms with Crippen molar-refractivity contribution in [1.29, 1.82) is 0 Å². The number of carbonyl (C=O) groups is 1. The van der Waals surface area contributed by atoms with Crippen molar-refractivity contribution in [2.75, 3.05) is 12.9 Å². The maximum atomic E-state index is 11.7. The van der Waals surface area contributed by atoms with E-state index in [0.717, 1.165) is 25.7 Å². The van der Waals surface area contributed by atoms with Gasteiger partial charge in [-0.15, -0.1) is 6.42 Å². The van der Waals surface area contributed by atoms with Gasteiger partial charge in [-0.1, -0.05) is 31.6 Å². The summed E-state index contributed by atoms with van der Waals surface area (Å²) < 4.78 is 35.6. The lowest BCUT2D eigenvalue weighted by Gasteiger charge is -2.25. The fourth-order valence-corrected chi connectivity index (χ4v) is 5.51. The number of hydrogen-bond donors (Lipinski definition) is 3. The minimum atomic E-state index is -4.14. The third-order valence-electron chi connectivity index (χ3n) is 6.43. The number of ether oxygens (including phenoxy) is 2. The lowest BCUT2D eigenvalue weighted by atomic mass is 9.93. The molecule has 14 heteroatoms. The molecule has 2 fully saturated rings. The molecule has 3 heterocycles. The number of carboxylic acids is 1. The molecular formula is C21H25ClN4O8S. The van der Waals surface area contributed by atoms with Crippen LogP contribution in [-0.2, 0) is 30.5 Å². The molecule has 3 N–H and O–H groups in total. The number of rotatable bonds is 8. The minimum Gasteiger partial charge on any atom is -0.479 e. The van der Waals surface area contributed by atoms with Crippen molar-refractivity contribution >= 4 is 38.6 Å². The van der Waals surface area contributed by atoms with Gasteiger partial charge in [-0.3, -0.25) is 4.57 Å². The van der Waals surface area contributed by atoms with Gasteiger partial charge in [-0.25, -0.2) is 23.2 Å². The van der Waals surface area contributed by atoms with Crippen molar-refractivity contribution in [3.05, 3.63) is 17.3 Å². The molecule has 0 spiro atoms. The predicted octanol–water partition coefficient (Wildman–Crippen LogP) is 0.307. The second-order valence-corrected chi connectivity index (χ2v) is 11.3. The van der Waals surface area contributed by atoms with Gasteiger partial charge in [0.25, 0.3) is 5.44 Å². The van der Waals surface area contributed by atoms with E-state index < -0.39 is 51.9 Å². The van der Waals surface area contributed by atoms with Gasteiger partial charge >= 0.3 is 5.97 Å². The van der Waals surface area contributed by atoms with Crippen LogP contribution in [0.3, 0.4) is 0 Å². The SMILES string of the molecule is C#C[C@@]1(O)[C@@H](COC(C(=O)O)S(C)(=O)=O)O[C@@H](n2cnc3c(CC4CCCC4)nc(Cl)nc32)[C@@H]1O. The first-order valence-corrected chi connectivity index (χ1v) is 13.2. The van der Waals surface area contributed by atoms with Gasteiger partial charge in [0, 0.05) is 6.26 Å². The van der Waals surface area contributed by atoms with Crippen LogP contribution in [0.15, 0.2) is 6.33 Å². The van der Waals surface area contributed by atoms with Crippen molar-refractivity contribution in [2.24, 2.45) is 5.92 Å². The average molecular weight is 529 g/mol. The van der Waals surface area contributed by atoms with Crippen LogP contribution >= 0.6 is 11.6 Å². The molecule has 0 aromatic carbocycles. The smallest absolute Gasteiger partial charge is 0.348 e. The Bertz CT molecular complexity index is 1270. The van der Waals surface area contributed by atoms with Crippen LogP contribution in [-0.4, -0.2) is 85.3 Å². The van der Waals surface area contributed by atoms with Crippen LogP contribution in [0.25, 0.3) is 11.2 Å². The molecule has 1 aliphatic heterocycles. The molecule has 2 aromatic rings. The highest BCUT2D eigenvalue weighted by Gasteiger charge is 2.56. The first-order chi connectivity index (χ1) is 16.5. The fraction of sp³-hybridized carbons (Fsp3) is 0.619. The van der Waals surface area contributed by atoms with Crippen LogP contribution in [0.2, 0.25) is 5.28 Å². The monoisotopic (exact) mass is 528 g/mol. The summed E-state index contributed by atoms with van der Waals surface area (Å²) in [6.45, 7) is -0.729. The lowest BCUT2D eigenvalue weighted by Crippen LogP contribution is -2.49. The molecule has 1 saturated heterocycles. The highest BCUT2D eigenvalue weighted by Crippen LogP contribution is 2.39. The molecule has 0 radical (unpaired) electrons. The first-order valence-electron chi connectivity index (χ1n) is 10.9. The van der Waals surface area contributed by atoms with Gasteiger partial charge in [0.2, 0.25) is 5.28 Å². The molecule has 35 heavy (non-hydrogen) atoms. The summed E-state index contributed by atoms with van der Waals surface area (Å²) in [5, 5.41) is 31.0. The number of aliphatic hydroxyl groups is 2. The van der Waals surface area contributed by atoms with E-state index in [-0.39, 0.29) is 10.9 Å².